The molecule has 3 rings (SSSR count). The molecule has 1 aliphatic carbocycles. The van der Waals surface area contributed by atoms with Crippen molar-refractivity contribution in [2.45, 2.75) is 39.3 Å². The van der Waals surface area contributed by atoms with Crippen molar-refractivity contribution in [1.29, 1.82) is 0 Å². The normalized spacial score (nSPS) is 14.9. The van der Waals surface area contributed by atoms with Gasteiger partial charge >= 0.3 is 0 Å². The SMILES string of the molecule is Cc1ncn(-c2ncc(F)cc2CNC2CC2)c1C. The monoisotopic (exact) mass is 260 g/mol. The lowest BCUT2D eigenvalue weighted by Gasteiger charge is -2.11. The molecule has 0 unspecified atom stereocenters. The van der Waals surface area contributed by atoms with Crippen molar-refractivity contribution in [1.82, 2.24) is 19.9 Å². The fraction of sp³-hybridized carbons (Fsp3) is 0.429. The zero-order valence-electron chi connectivity index (χ0n) is 11.2. The minimum absolute atomic E-state index is 0.300. The smallest absolute Gasteiger partial charge is 0.142 e. The Morgan fingerprint density at radius 1 is 1.37 bits per heavy atom. The highest BCUT2D eigenvalue weighted by atomic mass is 19.1. The van der Waals surface area contributed by atoms with E-state index >= 15 is 0 Å². The molecule has 19 heavy (non-hydrogen) atoms. The number of imidazole rings is 1. The highest BCUT2D eigenvalue weighted by molar-refractivity contribution is 5.36. The first-order valence-electron chi connectivity index (χ1n) is 6.54. The van der Waals surface area contributed by atoms with Crippen LogP contribution in [0.4, 0.5) is 4.39 Å². The number of nitrogens with zero attached hydrogens (tertiary/aromatic N) is 3. The van der Waals surface area contributed by atoms with Crippen molar-refractivity contribution in [3.8, 4) is 5.82 Å². The second-order valence-corrected chi connectivity index (χ2v) is 5.08. The van der Waals surface area contributed by atoms with E-state index in [2.05, 4.69) is 15.3 Å². The highest BCUT2D eigenvalue weighted by Gasteiger charge is 2.21. The van der Waals surface area contributed by atoms with Crippen LogP contribution in [0.2, 0.25) is 0 Å². The van der Waals surface area contributed by atoms with Gasteiger partial charge < -0.3 is 5.32 Å². The standard InChI is InChI=1S/C14H17FN4/c1-9-10(2)19(8-18-9)14-11(5-12(15)7-17-14)6-16-13-3-4-13/h5,7-8,13,16H,3-4,6H2,1-2H3. The minimum atomic E-state index is -0.300. The van der Waals surface area contributed by atoms with Crippen LogP contribution in [0.5, 0.6) is 0 Å². The van der Waals surface area contributed by atoms with Gasteiger partial charge in [0, 0.05) is 23.8 Å². The number of hydrogen-bond donors (Lipinski definition) is 1. The Morgan fingerprint density at radius 2 is 2.16 bits per heavy atom. The summed E-state index contributed by atoms with van der Waals surface area (Å²) in [7, 11) is 0. The van der Waals surface area contributed by atoms with Crippen LogP contribution in [-0.2, 0) is 6.54 Å². The summed E-state index contributed by atoms with van der Waals surface area (Å²) in [6.45, 7) is 4.59. The summed E-state index contributed by atoms with van der Waals surface area (Å²) in [6, 6.07) is 2.13. The fourth-order valence-corrected chi connectivity index (χ4v) is 2.07. The van der Waals surface area contributed by atoms with E-state index in [0.29, 0.717) is 12.6 Å². The first-order valence-corrected chi connectivity index (χ1v) is 6.54. The molecular formula is C14H17FN4. The molecule has 4 nitrogen and oxygen atoms in total. The quantitative estimate of drug-likeness (QED) is 0.917. The molecule has 0 atom stereocenters. The van der Waals surface area contributed by atoms with Crippen molar-refractivity contribution < 1.29 is 4.39 Å². The molecule has 2 aromatic rings. The van der Waals surface area contributed by atoms with Crippen molar-refractivity contribution >= 4 is 0 Å². The minimum Gasteiger partial charge on any atom is -0.310 e. The third-order valence-electron chi connectivity index (χ3n) is 3.55. The van der Waals surface area contributed by atoms with Crippen molar-refractivity contribution in [3.63, 3.8) is 0 Å². The maximum atomic E-state index is 13.4. The van der Waals surface area contributed by atoms with Gasteiger partial charge in [-0.05, 0) is 32.8 Å². The Balaban J connectivity index is 1.96. The lowest BCUT2D eigenvalue weighted by Crippen LogP contribution is -2.18. The number of nitrogens with one attached hydrogen (secondary N) is 1. The summed E-state index contributed by atoms with van der Waals surface area (Å²) in [6.07, 6.45) is 5.42. The average molecular weight is 260 g/mol. The van der Waals surface area contributed by atoms with Gasteiger partial charge in [-0.2, -0.15) is 0 Å². The Kier molecular flexibility index (Phi) is 3.06. The number of aromatic nitrogens is 3. The summed E-state index contributed by atoms with van der Waals surface area (Å²) < 4.78 is 15.3. The molecule has 0 saturated heterocycles. The van der Waals surface area contributed by atoms with Crippen LogP contribution >= 0.6 is 0 Å². The van der Waals surface area contributed by atoms with Gasteiger partial charge in [0.05, 0.1) is 11.9 Å². The van der Waals surface area contributed by atoms with E-state index < -0.39 is 0 Å². The lowest BCUT2D eigenvalue weighted by atomic mass is 10.2. The van der Waals surface area contributed by atoms with Gasteiger partial charge in [0.15, 0.2) is 0 Å². The van der Waals surface area contributed by atoms with Gasteiger partial charge in [0.25, 0.3) is 0 Å². The van der Waals surface area contributed by atoms with E-state index in [1.807, 2.05) is 18.4 Å². The Bertz CT molecular complexity index is 601. The second-order valence-electron chi connectivity index (χ2n) is 5.08. The topological polar surface area (TPSA) is 42.7 Å². The zero-order chi connectivity index (χ0) is 13.4. The van der Waals surface area contributed by atoms with Crippen LogP contribution in [0.25, 0.3) is 5.82 Å². The molecule has 2 aromatic heterocycles. The maximum absolute atomic E-state index is 13.4. The molecule has 0 amide bonds. The Hall–Kier alpha value is -1.75. The average Bonchev–Trinajstić information content (AvgIpc) is 3.16. The summed E-state index contributed by atoms with van der Waals surface area (Å²) in [5, 5.41) is 3.40. The number of rotatable bonds is 4. The van der Waals surface area contributed by atoms with Crippen molar-refractivity contribution in [3.05, 3.63) is 41.4 Å². The number of aryl methyl sites for hydroxylation is 1. The fourth-order valence-electron chi connectivity index (χ4n) is 2.07. The van der Waals surface area contributed by atoms with E-state index in [9.17, 15) is 4.39 Å². The lowest BCUT2D eigenvalue weighted by molar-refractivity contribution is 0.609. The molecule has 5 heteroatoms. The van der Waals surface area contributed by atoms with Gasteiger partial charge in [-0.3, -0.25) is 4.57 Å². The van der Waals surface area contributed by atoms with Gasteiger partial charge in [-0.25, -0.2) is 14.4 Å². The second kappa shape index (κ2) is 4.74. The molecule has 1 saturated carbocycles. The van der Waals surface area contributed by atoms with Crippen LogP contribution in [0, 0.1) is 19.7 Å². The van der Waals surface area contributed by atoms with E-state index in [0.717, 1.165) is 22.8 Å². The number of halogens is 1. The maximum Gasteiger partial charge on any atom is 0.142 e. The first kappa shape index (κ1) is 12.3. The van der Waals surface area contributed by atoms with E-state index in [1.165, 1.54) is 19.0 Å². The predicted molar refractivity (Wildman–Crippen MR) is 70.7 cm³/mol. The summed E-state index contributed by atoms with van der Waals surface area (Å²) in [5.74, 6) is 0.457. The van der Waals surface area contributed by atoms with Gasteiger partial charge in [0.1, 0.15) is 18.0 Å². The predicted octanol–water partition coefficient (Wildman–Crippen LogP) is 2.28. The molecule has 100 valence electrons. The molecule has 1 N–H and O–H groups in total. The van der Waals surface area contributed by atoms with Crippen LogP contribution in [0.1, 0.15) is 29.8 Å². The number of pyridine rings is 1. The zero-order valence-corrected chi connectivity index (χ0v) is 11.2. The Labute approximate surface area is 111 Å². The van der Waals surface area contributed by atoms with Gasteiger partial charge in [-0.15, -0.1) is 0 Å². The number of hydrogen-bond acceptors (Lipinski definition) is 3. The summed E-state index contributed by atoms with van der Waals surface area (Å²) in [5.41, 5.74) is 2.87. The molecule has 0 bridgehead atoms. The molecular weight excluding hydrogens is 243 g/mol. The summed E-state index contributed by atoms with van der Waals surface area (Å²) >= 11 is 0. The van der Waals surface area contributed by atoms with E-state index in [4.69, 9.17) is 0 Å². The molecule has 0 radical (unpaired) electrons. The van der Waals surface area contributed by atoms with Crippen LogP contribution in [0.3, 0.4) is 0 Å². The van der Waals surface area contributed by atoms with Gasteiger partial charge in [-0.1, -0.05) is 0 Å². The third kappa shape index (κ3) is 2.51. The highest BCUT2D eigenvalue weighted by Crippen LogP contribution is 2.21. The van der Waals surface area contributed by atoms with Crippen LogP contribution < -0.4 is 5.32 Å². The van der Waals surface area contributed by atoms with Crippen molar-refractivity contribution in [2.24, 2.45) is 0 Å². The van der Waals surface area contributed by atoms with Crippen LogP contribution in [0.15, 0.2) is 18.6 Å². The molecule has 1 fully saturated rings. The van der Waals surface area contributed by atoms with E-state index in [-0.39, 0.29) is 5.82 Å². The summed E-state index contributed by atoms with van der Waals surface area (Å²) in [4.78, 5) is 8.50. The Morgan fingerprint density at radius 3 is 2.79 bits per heavy atom. The van der Waals surface area contributed by atoms with Crippen LogP contribution in [-0.4, -0.2) is 20.6 Å². The molecule has 0 aromatic carbocycles. The van der Waals surface area contributed by atoms with Gasteiger partial charge in [0.2, 0.25) is 0 Å². The molecule has 0 aliphatic heterocycles. The largest absolute Gasteiger partial charge is 0.310 e. The molecule has 0 spiro atoms. The van der Waals surface area contributed by atoms with Crippen molar-refractivity contribution in [2.75, 3.05) is 0 Å². The third-order valence-corrected chi connectivity index (χ3v) is 3.55. The molecule has 1 aliphatic rings. The van der Waals surface area contributed by atoms with E-state index in [1.54, 1.807) is 12.4 Å². The molecule has 2 heterocycles. The first-order chi connectivity index (χ1) is 9.15.